The molecule has 3 N–H and O–H groups in total. The summed E-state index contributed by atoms with van der Waals surface area (Å²) in [7, 11) is 0. The SMILES string of the molecule is O=C(O)CNC(=O)C1CCCNC1. The largest absolute Gasteiger partial charge is 0.480 e. The Morgan fingerprint density at radius 2 is 2.31 bits per heavy atom. The van der Waals surface area contributed by atoms with Crippen molar-refractivity contribution in [3.63, 3.8) is 0 Å². The molecule has 1 amide bonds. The van der Waals surface area contributed by atoms with Crippen LogP contribution in [-0.4, -0.2) is 36.6 Å². The normalized spacial score (nSPS) is 22.3. The maximum Gasteiger partial charge on any atom is 0.322 e. The van der Waals surface area contributed by atoms with Gasteiger partial charge in [0.25, 0.3) is 0 Å². The van der Waals surface area contributed by atoms with Crippen LogP contribution in [0.4, 0.5) is 0 Å². The Morgan fingerprint density at radius 1 is 1.54 bits per heavy atom. The molecule has 0 spiro atoms. The lowest BCUT2D eigenvalue weighted by atomic mass is 9.99. The Hall–Kier alpha value is -1.10. The molecule has 1 aliphatic heterocycles. The van der Waals surface area contributed by atoms with Crippen molar-refractivity contribution >= 4 is 11.9 Å². The van der Waals surface area contributed by atoms with Gasteiger partial charge in [-0.05, 0) is 19.4 Å². The fraction of sp³-hybridized carbons (Fsp3) is 0.750. The van der Waals surface area contributed by atoms with Crippen LogP contribution in [0.2, 0.25) is 0 Å². The first kappa shape index (κ1) is 9.98. The predicted octanol–water partition coefficient (Wildman–Crippen LogP) is -0.813. The van der Waals surface area contributed by atoms with Crippen molar-refractivity contribution in [3.05, 3.63) is 0 Å². The highest BCUT2D eigenvalue weighted by atomic mass is 16.4. The Bertz CT molecular complexity index is 200. The molecule has 5 heteroatoms. The third kappa shape index (κ3) is 3.42. The van der Waals surface area contributed by atoms with Crippen LogP contribution >= 0.6 is 0 Å². The predicted molar refractivity (Wildman–Crippen MR) is 46.2 cm³/mol. The molecular formula is C8H14N2O3. The van der Waals surface area contributed by atoms with E-state index >= 15 is 0 Å². The van der Waals surface area contributed by atoms with E-state index in [9.17, 15) is 9.59 Å². The average Bonchev–Trinajstić information content (AvgIpc) is 2.15. The lowest BCUT2D eigenvalue weighted by molar-refractivity contribution is -0.138. The second-order valence-electron chi connectivity index (χ2n) is 3.15. The van der Waals surface area contributed by atoms with Crippen LogP contribution in [0.25, 0.3) is 0 Å². The van der Waals surface area contributed by atoms with Gasteiger partial charge in [-0.15, -0.1) is 0 Å². The van der Waals surface area contributed by atoms with Crippen molar-refractivity contribution in [2.45, 2.75) is 12.8 Å². The number of amides is 1. The Labute approximate surface area is 76.5 Å². The zero-order chi connectivity index (χ0) is 9.68. The molecule has 5 nitrogen and oxygen atoms in total. The van der Waals surface area contributed by atoms with E-state index < -0.39 is 5.97 Å². The Kier molecular flexibility index (Phi) is 3.70. The number of carbonyl (C=O) groups excluding carboxylic acids is 1. The molecule has 0 aromatic carbocycles. The number of hydrogen-bond acceptors (Lipinski definition) is 3. The first-order valence-corrected chi connectivity index (χ1v) is 4.40. The van der Waals surface area contributed by atoms with Crippen LogP contribution in [-0.2, 0) is 9.59 Å². The minimum absolute atomic E-state index is 0.0619. The standard InChI is InChI=1S/C8H14N2O3/c11-7(12)5-10-8(13)6-2-1-3-9-4-6/h6,9H,1-5H2,(H,10,13)(H,11,12). The molecule has 1 rings (SSSR count). The number of rotatable bonds is 3. The molecule has 0 saturated carbocycles. The highest BCUT2D eigenvalue weighted by Gasteiger charge is 2.20. The maximum absolute atomic E-state index is 11.3. The van der Waals surface area contributed by atoms with Crippen molar-refractivity contribution in [1.82, 2.24) is 10.6 Å². The van der Waals surface area contributed by atoms with Crippen LogP contribution < -0.4 is 10.6 Å². The zero-order valence-corrected chi connectivity index (χ0v) is 7.38. The topological polar surface area (TPSA) is 78.4 Å². The third-order valence-electron chi connectivity index (χ3n) is 2.08. The Balaban J connectivity index is 2.25. The number of hydrogen-bond donors (Lipinski definition) is 3. The fourth-order valence-corrected chi connectivity index (χ4v) is 1.38. The third-order valence-corrected chi connectivity index (χ3v) is 2.08. The van der Waals surface area contributed by atoms with E-state index in [0.29, 0.717) is 6.54 Å². The lowest BCUT2D eigenvalue weighted by Gasteiger charge is -2.21. The van der Waals surface area contributed by atoms with Crippen molar-refractivity contribution in [2.75, 3.05) is 19.6 Å². The van der Waals surface area contributed by atoms with Crippen molar-refractivity contribution in [1.29, 1.82) is 0 Å². The number of carboxylic acid groups (broad SMARTS) is 1. The summed E-state index contributed by atoms with van der Waals surface area (Å²) in [6, 6.07) is 0. The van der Waals surface area contributed by atoms with Gasteiger partial charge in [-0.1, -0.05) is 0 Å². The summed E-state index contributed by atoms with van der Waals surface area (Å²) >= 11 is 0. The van der Waals surface area contributed by atoms with Gasteiger partial charge in [-0.3, -0.25) is 9.59 Å². The average molecular weight is 186 g/mol. The van der Waals surface area contributed by atoms with Crippen LogP contribution in [0.5, 0.6) is 0 Å². The molecule has 1 aliphatic rings. The van der Waals surface area contributed by atoms with Gasteiger partial charge in [0.2, 0.25) is 5.91 Å². The summed E-state index contributed by atoms with van der Waals surface area (Å²) in [5, 5.41) is 13.8. The highest BCUT2D eigenvalue weighted by molar-refractivity contribution is 5.83. The number of piperidine rings is 1. The molecule has 1 heterocycles. The van der Waals surface area contributed by atoms with E-state index in [1.54, 1.807) is 0 Å². The van der Waals surface area contributed by atoms with E-state index in [-0.39, 0.29) is 18.4 Å². The summed E-state index contributed by atoms with van der Waals surface area (Å²) in [5.41, 5.74) is 0. The molecule has 74 valence electrons. The molecule has 1 atom stereocenters. The summed E-state index contributed by atoms with van der Waals surface area (Å²) in [4.78, 5) is 21.4. The highest BCUT2D eigenvalue weighted by Crippen LogP contribution is 2.09. The summed E-state index contributed by atoms with van der Waals surface area (Å²) in [5.74, 6) is -1.22. The minimum Gasteiger partial charge on any atom is -0.480 e. The van der Waals surface area contributed by atoms with Gasteiger partial charge < -0.3 is 15.7 Å². The summed E-state index contributed by atoms with van der Waals surface area (Å²) < 4.78 is 0. The van der Waals surface area contributed by atoms with Gasteiger partial charge in [-0.2, -0.15) is 0 Å². The molecule has 1 saturated heterocycles. The van der Waals surface area contributed by atoms with Gasteiger partial charge in [0.05, 0.1) is 5.92 Å². The zero-order valence-electron chi connectivity index (χ0n) is 7.38. The first-order valence-electron chi connectivity index (χ1n) is 4.40. The molecule has 0 aliphatic carbocycles. The molecule has 13 heavy (non-hydrogen) atoms. The first-order chi connectivity index (χ1) is 6.20. The van der Waals surface area contributed by atoms with E-state index in [1.165, 1.54) is 0 Å². The van der Waals surface area contributed by atoms with Gasteiger partial charge in [0.15, 0.2) is 0 Å². The number of aliphatic carboxylic acids is 1. The van der Waals surface area contributed by atoms with E-state index in [4.69, 9.17) is 5.11 Å². The molecule has 1 unspecified atom stereocenters. The maximum atomic E-state index is 11.3. The lowest BCUT2D eigenvalue weighted by Crippen LogP contribution is -2.42. The van der Waals surface area contributed by atoms with Crippen LogP contribution in [0.1, 0.15) is 12.8 Å². The molecule has 0 radical (unpaired) electrons. The summed E-state index contributed by atoms with van der Waals surface area (Å²) in [6.45, 7) is 1.32. The van der Waals surface area contributed by atoms with Gasteiger partial charge in [-0.25, -0.2) is 0 Å². The monoisotopic (exact) mass is 186 g/mol. The van der Waals surface area contributed by atoms with Gasteiger partial charge in [0.1, 0.15) is 6.54 Å². The minimum atomic E-state index is -1.00. The second kappa shape index (κ2) is 4.81. The molecule has 1 fully saturated rings. The van der Waals surface area contributed by atoms with E-state index in [0.717, 1.165) is 19.4 Å². The molecule has 0 bridgehead atoms. The molecule has 0 aromatic heterocycles. The van der Waals surface area contributed by atoms with Crippen LogP contribution in [0, 0.1) is 5.92 Å². The second-order valence-corrected chi connectivity index (χ2v) is 3.15. The quantitative estimate of drug-likeness (QED) is 0.538. The molecule has 0 aromatic rings. The van der Waals surface area contributed by atoms with Crippen molar-refractivity contribution in [3.8, 4) is 0 Å². The van der Waals surface area contributed by atoms with Gasteiger partial charge in [0, 0.05) is 6.54 Å². The summed E-state index contributed by atoms with van der Waals surface area (Å²) in [6.07, 6.45) is 1.82. The Morgan fingerprint density at radius 3 is 2.85 bits per heavy atom. The van der Waals surface area contributed by atoms with Crippen LogP contribution in [0.15, 0.2) is 0 Å². The number of carbonyl (C=O) groups is 2. The molecular weight excluding hydrogens is 172 g/mol. The van der Waals surface area contributed by atoms with Gasteiger partial charge >= 0.3 is 5.97 Å². The van der Waals surface area contributed by atoms with Crippen molar-refractivity contribution < 1.29 is 14.7 Å². The van der Waals surface area contributed by atoms with E-state index in [1.807, 2.05) is 0 Å². The van der Waals surface area contributed by atoms with E-state index in [2.05, 4.69) is 10.6 Å². The smallest absolute Gasteiger partial charge is 0.322 e. The fourth-order valence-electron chi connectivity index (χ4n) is 1.38. The van der Waals surface area contributed by atoms with Crippen LogP contribution in [0.3, 0.4) is 0 Å². The number of carboxylic acids is 1. The van der Waals surface area contributed by atoms with Crippen molar-refractivity contribution in [2.24, 2.45) is 5.92 Å². The number of nitrogens with one attached hydrogen (secondary N) is 2.